The predicted octanol–water partition coefficient (Wildman–Crippen LogP) is 3.90. The molecule has 0 bridgehead atoms. The quantitative estimate of drug-likeness (QED) is 0.480. The lowest BCUT2D eigenvalue weighted by atomic mass is 10.1. The number of hydrogen-bond donors (Lipinski definition) is 0. The summed E-state index contributed by atoms with van der Waals surface area (Å²) in [6.45, 7) is 0. The second kappa shape index (κ2) is 4.81. The molecule has 2 rings (SSSR count). The third-order valence-electron chi connectivity index (χ3n) is 2.13. The first-order chi connectivity index (χ1) is 8.06. The summed E-state index contributed by atoms with van der Waals surface area (Å²) >= 11 is 9.28. The largest absolute Gasteiger partial charge is 0.259 e. The zero-order chi connectivity index (χ0) is 12.4. The number of hydrogen-bond acceptors (Lipinski definition) is 3. The average Bonchev–Trinajstić information content (AvgIpc) is 2.26. The monoisotopic (exact) mass is 312 g/mol. The fraction of sp³-hybridized carbons (Fsp3) is 0. The van der Waals surface area contributed by atoms with Gasteiger partial charge in [0.15, 0.2) is 0 Å². The summed E-state index contributed by atoms with van der Waals surface area (Å²) in [5.41, 5.74) is 1.27. The lowest BCUT2D eigenvalue weighted by molar-refractivity contribution is -0.400. The Hall–Kier alpha value is -1.46. The number of halogens is 2. The molecule has 17 heavy (non-hydrogen) atoms. The minimum absolute atomic E-state index is 0.248. The maximum absolute atomic E-state index is 10.2. The maximum Gasteiger partial charge on any atom is 0.235 e. The third-order valence-corrected chi connectivity index (χ3v) is 2.93. The fourth-order valence-electron chi connectivity index (χ4n) is 1.40. The topological polar surface area (TPSA) is 56.0 Å². The Morgan fingerprint density at radius 3 is 2.88 bits per heavy atom. The van der Waals surface area contributed by atoms with Crippen LogP contribution in [0, 0.1) is 10.1 Å². The summed E-state index contributed by atoms with van der Waals surface area (Å²) in [5.74, 6) is 0. The van der Waals surface area contributed by atoms with Crippen LogP contribution in [0.4, 0.5) is 0 Å². The van der Waals surface area contributed by atoms with Crippen molar-refractivity contribution in [1.29, 1.82) is 0 Å². The molecule has 2 aromatic rings. The van der Waals surface area contributed by atoms with Crippen LogP contribution in [0.2, 0.25) is 5.15 Å². The van der Waals surface area contributed by atoms with E-state index in [-0.39, 0.29) is 5.15 Å². The van der Waals surface area contributed by atoms with Crippen LogP contribution in [-0.4, -0.2) is 9.91 Å². The van der Waals surface area contributed by atoms with E-state index >= 15 is 0 Å². The minimum Gasteiger partial charge on any atom is -0.259 e. The van der Waals surface area contributed by atoms with Gasteiger partial charge in [-0.1, -0.05) is 27.5 Å². The second-order valence-corrected chi connectivity index (χ2v) is 4.58. The van der Waals surface area contributed by atoms with Crippen molar-refractivity contribution in [1.82, 2.24) is 4.98 Å². The number of aromatic nitrogens is 1. The highest BCUT2D eigenvalue weighted by Gasteiger charge is 2.04. The molecular weight excluding hydrogens is 307 g/mol. The van der Waals surface area contributed by atoms with E-state index in [4.69, 9.17) is 11.6 Å². The summed E-state index contributed by atoms with van der Waals surface area (Å²) < 4.78 is 0.915. The second-order valence-electron chi connectivity index (χ2n) is 3.31. The van der Waals surface area contributed by atoms with Gasteiger partial charge in [0.25, 0.3) is 0 Å². The van der Waals surface area contributed by atoms with Crippen LogP contribution in [0.3, 0.4) is 0 Å². The molecule has 0 N–H and O–H groups in total. The highest BCUT2D eigenvalue weighted by molar-refractivity contribution is 9.10. The first-order valence-electron chi connectivity index (χ1n) is 4.64. The zero-order valence-corrected chi connectivity index (χ0v) is 10.8. The van der Waals surface area contributed by atoms with Crippen LogP contribution < -0.4 is 0 Å². The summed E-state index contributed by atoms with van der Waals surface area (Å²) in [6, 6.07) is 7.32. The fourth-order valence-corrected chi connectivity index (χ4v) is 1.99. The molecule has 1 heterocycles. The summed E-state index contributed by atoms with van der Waals surface area (Å²) in [7, 11) is 0. The van der Waals surface area contributed by atoms with Crippen LogP contribution in [-0.2, 0) is 0 Å². The number of rotatable bonds is 2. The SMILES string of the molecule is O=[N+]([O-])C=Cc1cc2cc(Br)ccc2nc1Cl. The Morgan fingerprint density at radius 1 is 1.41 bits per heavy atom. The van der Waals surface area contributed by atoms with Crippen molar-refractivity contribution in [2.75, 3.05) is 0 Å². The molecular formula is C11H6BrClN2O2. The normalized spacial score (nSPS) is 11.2. The Labute approximate surface area is 110 Å². The molecule has 6 heteroatoms. The lowest BCUT2D eigenvalue weighted by Crippen LogP contribution is -1.87. The Balaban J connectivity index is 2.57. The van der Waals surface area contributed by atoms with Gasteiger partial charge in [0.1, 0.15) is 5.15 Å². The van der Waals surface area contributed by atoms with Crippen LogP contribution in [0.15, 0.2) is 34.9 Å². The van der Waals surface area contributed by atoms with Crippen LogP contribution >= 0.6 is 27.5 Å². The van der Waals surface area contributed by atoms with Crippen molar-refractivity contribution in [3.05, 3.63) is 55.8 Å². The van der Waals surface area contributed by atoms with Gasteiger partial charge in [0, 0.05) is 21.5 Å². The van der Waals surface area contributed by atoms with Crippen molar-refractivity contribution in [2.45, 2.75) is 0 Å². The van der Waals surface area contributed by atoms with Gasteiger partial charge in [0.2, 0.25) is 6.20 Å². The van der Waals surface area contributed by atoms with Crippen molar-refractivity contribution in [3.63, 3.8) is 0 Å². The Bertz CT molecular complexity index is 628. The molecule has 1 aromatic carbocycles. The molecule has 0 saturated carbocycles. The average molecular weight is 314 g/mol. The molecule has 4 nitrogen and oxygen atoms in total. The number of nitrogens with zero attached hydrogens (tertiary/aromatic N) is 2. The molecule has 1 aromatic heterocycles. The molecule has 0 fully saturated rings. The number of benzene rings is 1. The van der Waals surface area contributed by atoms with Crippen molar-refractivity contribution in [3.8, 4) is 0 Å². The molecule has 0 saturated heterocycles. The van der Waals surface area contributed by atoms with Crippen molar-refractivity contribution >= 4 is 44.5 Å². The molecule has 0 unspecified atom stereocenters. The van der Waals surface area contributed by atoms with Gasteiger partial charge in [-0.15, -0.1) is 0 Å². The first kappa shape index (κ1) is 12.0. The van der Waals surface area contributed by atoms with E-state index in [1.165, 1.54) is 6.08 Å². The minimum atomic E-state index is -0.540. The van der Waals surface area contributed by atoms with Crippen LogP contribution in [0.1, 0.15) is 5.56 Å². The van der Waals surface area contributed by atoms with E-state index in [2.05, 4.69) is 20.9 Å². The van der Waals surface area contributed by atoms with E-state index in [9.17, 15) is 10.1 Å². The molecule has 0 amide bonds. The summed E-state index contributed by atoms with van der Waals surface area (Å²) in [6.07, 6.45) is 2.17. The highest BCUT2D eigenvalue weighted by atomic mass is 79.9. The van der Waals surface area contributed by atoms with Gasteiger partial charge >= 0.3 is 0 Å². The molecule has 0 atom stereocenters. The van der Waals surface area contributed by atoms with E-state index in [1.54, 1.807) is 6.07 Å². The van der Waals surface area contributed by atoms with E-state index in [0.717, 1.165) is 21.6 Å². The number of fused-ring (bicyclic) bond motifs is 1. The van der Waals surface area contributed by atoms with E-state index < -0.39 is 4.92 Å². The standard InChI is InChI=1S/C11H6BrClN2O2/c12-9-1-2-10-8(6-9)5-7(11(13)14-10)3-4-15(16)17/h1-6H. The number of nitro groups is 1. The highest BCUT2D eigenvalue weighted by Crippen LogP contribution is 2.24. The van der Waals surface area contributed by atoms with E-state index in [1.807, 2.05) is 18.2 Å². The molecule has 0 aliphatic carbocycles. The van der Waals surface area contributed by atoms with Crippen molar-refractivity contribution in [2.24, 2.45) is 0 Å². The Kier molecular flexibility index (Phi) is 3.40. The molecule has 0 radical (unpaired) electrons. The van der Waals surface area contributed by atoms with Crippen LogP contribution in [0.25, 0.3) is 17.0 Å². The number of pyridine rings is 1. The van der Waals surface area contributed by atoms with Gasteiger partial charge in [0.05, 0.1) is 10.4 Å². The van der Waals surface area contributed by atoms with E-state index in [0.29, 0.717) is 5.56 Å². The van der Waals surface area contributed by atoms with Gasteiger partial charge in [-0.25, -0.2) is 4.98 Å². The predicted molar refractivity (Wildman–Crippen MR) is 70.5 cm³/mol. The first-order valence-corrected chi connectivity index (χ1v) is 5.81. The molecule has 0 aliphatic rings. The van der Waals surface area contributed by atoms with Crippen LogP contribution in [0.5, 0.6) is 0 Å². The molecule has 0 spiro atoms. The van der Waals surface area contributed by atoms with Crippen molar-refractivity contribution < 1.29 is 4.92 Å². The lowest BCUT2D eigenvalue weighted by Gasteiger charge is -2.01. The van der Waals surface area contributed by atoms with Gasteiger partial charge in [-0.3, -0.25) is 10.1 Å². The molecule has 86 valence electrons. The maximum atomic E-state index is 10.2. The van der Waals surface area contributed by atoms with Gasteiger partial charge < -0.3 is 0 Å². The smallest absolute Gasteiger partial charge is 0.235 e. The van der Waals surface area contributed by atoms with Gasteiger partial charge in [-0.2, -0.15) is 0 Å². The Morgan fingerprint density at radius 2 is 2.18 bits per heavy atom. The third kappa shape index (κ3) is 2.81. The summed E-state index contributed by atoms with van der Waals surface area (Å²) in [4.78, 5) is 13.9. The molecule has 0 aliphatic heterocycles. The summed E-state index contributed by atoms with van der Waals surface area (Å²) in [5, 5.41) is 11.4. The van der Waals surface area contributed by atoms with Gasteiger partial charge in [-0.05, 0) is 24.3 Å². The zero-order valence-electron chi connectivity index (χ0n) is 8.43.